The van der Waals surface area contributed by atoms with Gasteiger partial charge < -0.3 is 0 Å². The molecule has 3 nitrogen and oxygen atoms in total. The number of rotatable bonds is 2. The van der Waals surface area contributed by atoms with Gasteiger partial charge in [0.2, 0.25) is 0 Å². The van der Waals surface area contributed by atoms with Crippen LogP contribution >= 0.6 is 0 Å². The van der Waals surface area contributed by atoms with Gasteiger partial charge in [0.1, 0.15) is 6.07 Å². The van der Waals surface area contributed by atoms with Gasteiger partial charge in [-0.3, -0.25) is 0 Å². The summed E-state index contributed by atoms with van der Waals surface area (Å²) in [6.07, 6.45) is 1.61. The lowest BCUT2D eigenvalue weighted by Crippen LogP contribution is -1.99. The minimum atomic E-state index is 0.580. The number of aryl methyl sites for hydroxylation is 1. The van der Waals surface area contributed by atoms with Crippen molar-refractivity contribution in [2.24, 2.45) is 0 Å². The van der Waals surface area contributed by atoms with Crippen molar-refractivity contribution in [3.8, 4) is 23.0 Å². The van der Waals surface area contributed by atoms with Crippen molar-refractivity contribution < 1.29 is 0 Å². The monoisotopic (exact) mass is 259 g/mol. The molecule has 0 atom stereocenters. The molecule has 3 aromatic rings. The molecule has 3 rings (SSSR count). The van der Waals surface area contributed by atoms with Crippen molar-refractivity contribution in [2.75, 3.05) is 0 Å². The summed E-state index contributed by atoms with van der Waals surface area (Å²) < 4.78 is 1.81. The molecule has 96 valence electrons. The van der Waals surface area contributed by atoms with E-state index in [2.05, 4.69) is 11.2 Å². The van der Waals surface area contributed by atoms with E-state index in [1.54, 1.807) is 6.20 Å². The van der Waals surface area contributed by atoms with Crippen LogP contribution in [0.25, 0.3) is 16.9 Å². The van der Waals surface area contributed by atoms with E-state index < -0.39 is 0 Å². The lowest BCUT2D eigenvalue weighted by molar-refractivity contribution is 0.887. The first-order valence-corrected chi connectivity index (χ1v) is 6.40. The van der Waals surface area contributed by atoms with Crippen LogP contribution in [0.3, 0.4) is 0 Å². The maximum Gasteiger partial charge on any atom is 0.103 e. The zero-order valence-corrected chi connectivity index (χ0v) is 11.1. The number of hydrogen-bond acceptors (Lipinski definition) is 2. The van der Waals surface area contributed by atoms with E-state index in [-0.39, 0.29) is 0 Å². The van der Waals surface area contributed by atoms with Crippen LogP contribution in [0.5, 0.6) is 0 Å². The standard InChI is InChI=1S/C17H13N3/c1-13-7-9-16(10-8-13)20-17(15(11-18)12-19-20)14-5-3-2-4-6-14/h2-10,12H,1H3. The second-order valence-corrected chi connectivity index (χ2v) is 4.63. The third-order valence-corrected chi connectivity index (χ3v) is 3.22. The second-order valence-electron chi connectivity index (χ2n) is 4.63. The minimum absolute atomic E-state index is 0.580. The first kappa shape index (κ1) is 12.2. The van der Waals surface area contributed by atoms with Gasteiger partial charge in [-0.2, -0.15) is 10.4 Å². The van der Waals surface area contributed by atoms with E-state index in [0.29, 0.717) is 5.56 Å². The Morgan fingerprint density at radius 2 is 1.70 bits per heavy atom. The quantitative estimate of drug-likeness (QED) is 0.703. The summed E-state index contributed by atoms with van der Waals surface area (Å²) in [4.78, 5) is 0. The molecule has 0 saturated heterocycles. The number of benzene rings is 2. The van der Waals surface area contributed by atoms with Gasteiger partial charge in [0.25, 0.3) is 0 Å². The normalized spacial score (nSPS) is 10.2. The van der Waals surface area contributed by atoms with E-state index in [9.17, 15) is 5.26 Å². The van der Waals surface area contributed by atoms with Crippen LogP contribution in [0.4, 0.5) is 0 Å². The first-order valence-electron chi connectivity index (χ1n) is 6.40. The molecule has 0 aliphatic rings. The van der Waals surface area contributed by atoms with Crippen molar-refractivity contribution in [3.05, 3.63) is 71.9 Å². The molecule has 1 heterocycles. The molecule has 0 aliphatic heterocycles. The van der Waals surface area contributed by atoms with Crippen LogP contribution in [0.15, 0.2) is 60.8 Å². The number of aromatic nitrogens is 2. The van der Waals surface area contributed by atoms with Crippen LogP contribution < -0.4 is 0 Å². The number of nitrogens with zero attached hydrogens (tertiary/aromatic N) is 3. The Morgan fingerprint density at radius 3 is 2.35 bits per heavy atom. The Labute approximate surface area is 117 Å². The van der Waals surface area contributed by atoms with Crippen molar-refractivity contribution in [2.45, 2.75) is 6.92 Å². The second kappa shape index (κ2) is 5.02. The van der Waals surface area contributed by atoms with E-state index in [4.69, 9.17) is 0 Å². The first-order chi connectivity index (χ1) is 9.79. The van der Waals surface area contributed by atoms with Crippen molar-refractivity contribution in [1.82, 2.24) is 9.78 Å². The Morgan fingerprint density at radius 1 is 1.00 bits per heavy atom. The fraction of sp³-hybridized carbons (Fsp3) is 0.0588. The lowest BCUT2D eigenvalue weighted by Gasteiger charge is -2.08. The van der Waals surface area contributed by atoms with Gasteiger partial charge >= 0.3 is 0 Å². The third kappa shape index (κ3) is 2.08. The fourth-order valence-electron chi connectivity index (χ4n) is 2.19. The lowest BCUT2D eigenvalue weighted by atomic mass is 10.1. The molecule has 0 N–H and O–H groups in total. The SMILES string of the molecule is Cc1ccc(-n2ncc(C#N)c2-c2ccccc2)cc1. The van der Waals surface area contributed by atoms with Crippen molar-refractivity contribution >= 4 is 0 Å². The van der Waals surface area contributed by atoms with Crippen molar-refractivity contribution in [1.29, 1.82) is 5.26 Å². The zero-order chi connectivity index (χ0) is 13.9. The molecule has 0 amide bonds. The maximum absolute atomic E-state index is 9.28. The Kier molecular flexibility index (Phi) is 3.06. The predicted molar refractivity (Wildman–Crippen MR) is 78.5 cm³/mol. The summed E-state index contributed by atoms with van der Waals surface area (Å²) in [5.74, 6) is 0. The maximum atomic E-state index is 9.28. The van der Waals surface area contributed by atoms with Crippen LogP contribution in [0, 0.1) is 18.3 Å². The molecule has 0 bridgehead atoms. The predicted octanol–water partition coefficient (Wildman–Crippen LogP) is 3.72. The van der Waals surface area contributed by atoms with Gasteiger partial charge in [0.15, 0.2) is 0 Å². The number of nitriles is 1. The molecule has 0 unspecified atom stereocenters. The molecule has 20 heavy (non-hydrogen) atoms. The van der Waals surface area contributed by atoms with Crippen LogP contribution in [0.1, 0.15) is 11.1 Å². The van der Waals surface area contributed by atoms with Crippen LogP contribution in [-0.4, -0.2) is 9.78 Å². The molecule has 0 fully saturated rings. The minimum Gasteiger partial charge on any atom is -0.232 e. The molecule has 2 aromatic carbocycles. The highest BCUT2D eigenvalue weighted by Crippen LogP contribution is 2.26. The van der Waals surface area contributed by atoms with Crippen molar-refractivity contribution in [3.63, 3.8) is 0 Å². The summed E-state index contributed by atoms with van der Waals surface area (Å²) in [5.41, 5.74) is 4.55. The Bertz CT molecular complexity index is 762. The summed E-state index contributed by atoms with van der Waals surface area (Å²) in [6, 6.07) is 20.2. The molecule has 0 aliphatic carbocycles. The molecule has 1 aromatic heterocycles. The molecular weight excluding hydrogens is 246 g/mol. The smallest absolute Gasteiger partial charge is 0.103 e. The Hall–Kier alpha value is -2.86. The molecule has 0 radical (unpaired) electrons. The highest BCUT2D eigenvalue weighted by atomic mass is 15.3. The highest BCUT2D eigenvalue weighted by molar-refractivity contribution is 5.68. The fourth-order valence-corrected chi connectivity index (χ4v) is 2.19. The van der Waals surface area contributed by atoms with E-state index in [1.807, 2.05) is 66.2 Å². The van der Waals surface area contributed by atoms with Gasteiger partial charge in [-0.05, 0) is 19.1 Å². The van der Waals surface area contributed by atoms with Gasteiger partial charge in [0.05, 0.1) is 23.1 Å². The third-order valence-electron chi connectivity index (χ3n) is 3.22. The average Bonchev–Trinajstić information content (AvgIpc) is 2.93. The van der Waals surface area contributed by atoms with E-state index >= 15 is 0 Å². The molecular formula is C17H13N3. The van der Waals surface area contributed by atoms with E-state index in [1.165, 1.54) is 5.56 Å². The Balaban J connectivity index is 2.21. The number of hydrogen-bond donors (Lipinski definition) is 0. The summed E-state index contributed by atoms with van der Waals surface area (Å²) in [6.45, 7) is 2.05. The highest BCUT2D eigenvalue weighted by Gasteiger charge is 2.13. The van der Waals surface area contributed by atoms with Crippen LogP contribution in [0.2, 0.25) is 0 Å². The summed E-state index contributed by atoms with van der Waals surface area (Å²) >= 11 is 0. The largest absolute Gasteiger partial charge is 0.232 e. The summed E-state index contributed by atoms with van der Waals surface area (Å²) in [7, 11) is 0. The van der Waals surface area contributed by atoms with Gasteiger partial charge in [-0.25, -0.2) is 4.68 Å². The summed E-state index contributed by atoms with van der Waals surface area (Å²) in [5, 5.41) is 13.6. The molecule has 3 heteroatoms. The molecule has 0 spiro atoms. The average molecular weight is 259 g/mol. The van der Waals surface area contributed by atoms with Gasteiger partial charge in [-0.1, -0.05) is 48.0 Å². The zero-order valence-electron chi connectivity index (χ0n) is 11.1. The van der Waals surface area contributed by atoms with Gasteiger partial charge in [0, 0.05) is 5.56 Å². The van der Waals surface area contributed by atoms with Crippen LogP contribution in [-0.2, 0) is 0 Å². The topological polar surface area (TPSA) is 41.6 Å². The molecule has 0 saturated carbocycles. The van der Waals surface area contributed by atoms with Gasteiger partial charge in [-0.15, -0.1) is 0 Å². The van der Waals surface area contributed by atoms with E-state index in [0.717, 1.165) is 16.9 Å².